The number of nitrogens with zero attached hydrogens (tertiary/aromatic N) is 1. The Morgan fingerprint density at radius 3 is 2.93 bits per heavy atom. The van der Waals surface area contributed by atoms with Crippen LogP contribution in [0.5, 0.6) is 0 Å². The number of nitrogen functional groups attached to an aromatic ring is 1. The Hall–Kier alpha value is -1.48. The second-order valence-corrected chi connectivity index (χ2v) is 3.41. The number of aromatic nitrogens is 1. The minimum Gasteiger partial charge on any atom is -0.448 e. The summed E-state index contributed by atoms with van der Waals surface area (Å²) < 4.78 is 5.12. The molecule has 3 nitrogen and oxygen atoms in total. The van der Waals surface area contributed by atoms with Gasteiger partial charge in [0.05, 0.1) is 16.9 Å². The summed E-state index contributed by atoms with van der Waals surface area (Å²) in [6.07, 6.45) is 3.78. The summed E-state index contributed by atoms with van der Waals surface area (Å²) in [5, 5.41) is 0.575. The fourth-order valence-electron chi connectivity index (χ4n) is 1.23. The van der Waals surface area contributed by atoms with Crippen molar-refractivity contribution in [3.8, 4) is 0 Å². The quantitative estimate of drug-likeness (QED) is 0.772. The number of hydrogen-bond donors (Lipinski definition) is 1. The predicted octanol–water partition coefficient (Wildman–Crippen LogP) is 2.50. The maximum absolute atomic E-state index is 5.80. The van der Waals surface area contributed by atoms with Gasteiger partial charge in [-0.05, 0) is 17.7 Å². The van der Waals surface area contributed by atoms with Crippen LogP contribution in [0, 0.1) is 0 Å². The summed E-state index contributed by atoms with van der Waals surface area (Å²) in [5.41, 5.74) is 7.32. The van der Waals surface area contributed by atoms with Gasteiger partial charge >= 0.3 is 0 Å². The van der Waals surface area contributed by atoms with Gasteiger partial charge in [0.25, 0.3) is 0 Å². The predicted molar refractivity (Wildman–Crippen MR) is 55.2 cm³/mol. The fraction of sp³-hybridized carbons (Fsp3) is 0.100. The largest absolute Gasteiger partial charge is 0.448 e. The first-order chi connectivity index (χ1) is 6.75. The molecule has 4 heteroatoms. The van der Waals surface area contributed by atoms with E-state index in [-0.39, 0.29) is 0 Å². The Labute approximate surface area is 86.5 Å². The number of benzene rings is 1. The molecule has 0 aliphatic carbocycles. The number of anilines is 1. The molecule has 0 amide bonds. The SMILES string of the molecule is Nc1cc(Cc2cnco2)ccc1Cl. The molecule has 1 heterocycles. The normalized spacial score (nSPS) is 10.4. The highest BCUT2D eigenvalue weighted by Gasteiger charge is 2.01. The molecular weight excluding hydrogens is 200 g/mol. The van der Waals surface area contributed by atoms with Crippen LogP contribution in [0.15, 0.2) is 35.2 Å². The van der Waals surface area contributed by atoms with E-state index in [2.05, 4.69) is 4.98 Å². The summed E-state index contributed by atoms with van der Waals surface area (Å²) in [6.45, 7) is 0. The Balaban J connectivity index is 2.22. The van der Waals surface area contributed by atoms with Crippen molar-refractivity contribution in [2.24, 2.45) is 0 Å². The van der Waals surface area contributed by atoms with E-state index >= 15 is 0 Å². The third-order valence-electron chi connectivity index (χ3n) is 1.92. The molecule has 2 N–H and O–H groups in total. The third kappa shape index (κ3) is 1.88. The minimum atomic E-state index is 0.575. The number of hydrogen-bond acceptors (Lipinski definition) is 3. The van der Waals surface area contributed by atoms with E-state index in [0.29, 0.717) is 17.1 Å². The van der Waals surface area contributed by atoms with Gasteiger partial charge in [-0.15, -0.1) is 0 Å². The highest BCUT2D eigenvalue weighted by atomic mass is 35.5. The number of rotatable bonds is 2. The second kappa shape index (κ2) is 3.72. The summed E-state index contributed by atoms with van der Waals surface area (Å²) >= 11 is 5.80. The molecule has 2 rings (SSSR count). The number of halogens is 1. The first-order valence-corrected chi connectivity index (χ1v) is 4.55. The molecular formula is C10H9ClN2O. The van der Waals surface area contributed by atoms with Crippen LogP contribution < -0.4 is 5.73 Å². The van der Waals surface area contributed by atoms with Gasteiger partial charge in [0.2, 0.25) is 0 Å². The number of oxazole rings is 1. The maximum Gasteiger partial charge on any atom is 0.180 e. The Morgan fingerprint density at radius 2 is 2.29 bits per heavy atom. The molecule has 0 fully saturated rings. The van der Waals surface area contributed by atoms with Crippen molar-refractivity contribution in [2.75, 3.05) is 5.73 Å². The molecule has 2 aromatic rings. The van der Waals surface area contributed by atoms with Crippen molar-refractivity contribution in [3.63, 3.8) is 0 Å². The van der Waals surface area contributed by atoms with Crippen LogP contribution in [0.3, 0.4) is 0 Å². The molecule has 0 saturated carbocycles. The van der Waals surface area contributed by atoms with Gasteiger partial charge in [-0.25, -0.2) is 4.98 Å². The van der Waals surface area contributed by atoms with E-state index in [9.17, 15) is 0 Å². The van der Waals surface area contributed by atoms with E-state index in [1.165, 1.54) is 6.39 Å². The summed E-state index contributed by atoms with van der Waals surface area (Å²) in [6, 6.07) is 5.54. The van der Waals surface area contributed by atoms with Crippen molar-refractivity contribution < 1.29 is 4.42 Å². The Bertz CT molecular complexity index is 426. The highest BCUT2D eigenvalue weighted by Crippen LogP contribution is 2.20. The summed E-state index contributed by atoms with van der Waals surface area (Å²) in [5.74, 6) is 0.812. The standard InChI is InChI=1S/C10H9ClN2O/c11-9-2-1-7(4-10(9)12)3-8-5-13-6-14-8/h1-2,4-6H,3,12H2. The molecule has 0 saturated heterocycles. The Morgan fingerprint density at radius 1 is 1.43 bits per heavy atom. The van der Waals surface area contributed by atoms with Crippen LogP contribution in [-0.2, 0) is 6.42 Å². The van der Waals surface area contributed by atoms with Gasteiger partial charge in [-0.2, -0.15) is 0 Å². The highest BCUT2D eigenvalue weighted by molar-refractivity contribution is 6.33. The van der Waals surface area contributed by atoms with Crippen LogP contribution in [0.1, 0.15) is 11.3 Å². The van der Waals surface area contributed by atoms with E-state index in [0.717, 1.165) is 11.3 Å². The van der Waals surface area contributed by atoms with Crippen LogP contribution >= 0.6 is 11.6 Å². The van der Waals surface area contributed by atoms with E-state index in [4.69, 9.17) is 21.8 Å². The molecule has 14 heavy (non-hydrogen) atoms. The molecule has 0 atom stereocenters. The van der Waals surface area contributed by atoms with Crippen molar-refractivity contribution in [1.82, 2.24) is 4.98 Å². The lowest BCUT2D eigenvalue weighted by Crippen LogP contribution is -1.90. The van der Waals surface area contributed by atoms with Crippen LogP contribution in [-0.4, -0.2) is 4.98 Å². The lowest BCUT2D eigenvalue weighted by atomic mass is 10.1. The van der Waals surface area contributed by atoms with Crippen molar-refractivity contribution in [2.45, 2.75) is 6.42 Å². The van der Waals surface area contributed by atoms with Gasteiger partial charge in [-0.3, -0.25) is 0 Å². The van der Waals surface area contributed by atoms with Crippen molar-refractivity contribution in [3.05, 3.63) is 47.1 Å². The van der Waals surface area contributed by atoms with Gasteiger partial charge in [0.15, 0.2) is 6.39 Å². The average molecular weight is 209 g/mol. The number of nitrogens with two attached hydrogens (primary N) is 1. The molecule has 72 valence electrons. The molecule has 0 bridgehead atoms. The zero-order valence-corrected chi connectivity index (χ0v) is 8.16. The van der Waals surface area contributed by atoms with Gasteiger partial charge in [0.1, 0.15) is 5.76 Å². The topological polar surface area (TPSA) is 52.0 Å². The van der Waals surface area contributed by atoms with Gasteiger partial charge in [-0.1, -0.05) is 17.7 Å². The zero-order valence-electron chi connectivity index (χ0n) is 7.40. The maximum atomic E-state index is 5.80. The van der Waals surface area contributed by atoms with Crippen molar-refractivity contribution >= 4 is 17.3 Å². The Kier molecular flexibility index (Phi) is 2.41. The molecule has 0 unspecified atom stereocenters. The van der Waals surface area contributed by atoms with Gasteiger partial charge in [0, 0.05) is 6.42 Å². The monoisotopic (exact) mass is 208 g/mol. The van der Waals surface area contributed by atoms with E-state index in [1.54, 1.807) is 12.3 Å². The second-order valence-electron chi connectivity index (χ2n) is 3.00. The zero-order chi connectivity index (χ0) is 9.97. The molecule has 0 aliphatic heterocycles. The van der Waals surface area contributed by atoms with Crippen molar-refractivity contribution in [1.29, 1.82) is 0 Å². The molecule has 1 aromatic heterocycles. The van der Waals surface area contributed by atoms with E-state index in [1.807, 2.05) is 12.1 Å². The minimum absolute atomic E-state index is 0.575. The average Bonchev–Trinajstić information content (AvgIpc) is 2.64. The molecule has 0 aliphatic rings. The fourth-order valence-corrected chi connectivity index (χ4v) is 1.35. The smallest absolute Gasteiger partial charge is 0.180 e. The first-order valence-electron chi connectivity index (χ1n) is 4.17. The van der Waals surface area contributed by atoms with Crippen LogP contribution in [0.2, 0.25) is 5.02 Å². The van der Waals surface area contributed by atoms with Crippen LogP contribution in [0.25, 0.3) is 0 Å². The van der Waals surface area contributed by atoms with E-state index < -0.39 is 0 Å². The van der Waals surface area contributed by atoms with Gasteiger partial charge < -0.3 is 10.2 Å². The summed E-state index contributed by atoms with van der Waals surface area (Å²) in [4.78, 5) is 3.83. The molecule has 0 spiro atoms. The molecule has 1 aromatic carbocycles. The first kappa shape index (κ1) is 9.09. The molecule has 0 radical (unpaired) electrons. The lowest BCUT2D eigenvalue weighted by molar-refractivity contribution is 0.514. The summed E-state index contributed by atoms with van der Waals surface area (Å²) in [7, 11) is 0. The third-order valence-corrected chi connectivity index (χ3v) is 2.27. The van der Waals surface area contributed by atoms with Crippen LogP contribution in [0.4, 0.5) is 5.69 Å². The lowest BCUT2D eigenvalue weighted by Gasteiger charge is -2.01.